The molecule has 0 unspecified atom stereocenters. The zero-order chi connectivity index (χ0) is 19.1. The number of nitrogens with two attached hydrogens (primary N) is 3. The summed E-state index contributed by atoms with van der Waals surface area (Å²) in [4.78, 5) is 37.6. The second kappa shape index (κ2) is 9.16. The summed E-state index contributed by atoms with van der Waals surface area (Å²) in [6.45, 7) is 0.879. The van der Waals surface area contributed by atoms with Crippen LogP contribution in [0.1, 0.15) is 23.2 Å². The Morgan fingerprint density at radius 2 is 2.00 bits per heavy atom. The first kappa shape index (κ1) is 19.7. The highest BCUT2D eigenvalue weighted by atomic mass is 16.5. The van der Waals surface area contributed by atoms with Crippen LogP contribution >= 0.6 is 0 Å². The van der Waals surface area contributed by atoms with E-state index >= 15 is 0 Å². The highest BCUT2D eigenvalue weighted by molar-refractivity contribution is 5.95. The smallest absolute Gasteiger partial charge is 0.261 e. The van der Waals surface area contributed by atoms with Crippen molar-refractivity contribution in [1.82, 2.24) is 10.2 Å². The standard InChI is InChI=1S/C17H25N5O4/c18-6-3-7-21-17(25)13-8-11(19)9-22(13)15(23)10-26-14-5-2-1-4-12(14)16(20)24/h1-2,4-5,11,13H,3,6-10,18-19H2,(H2,20,24)(H,21,25)/t11-,13-/m0/s1. The molecule has 2 rings (SSSR count). The summed E-state index contributed by atoms with van der Waals surface area (Å²) >= 11 is 0. The molecule has 3 amide bonds. The van der Waals surface area contributed by atoms with E-state index in [9.17, 15) is 14.4 Å². The van der Waals surface area contributed by atoms with Crippen molar-refractivity contribution in [3.63, 3.8) is 0 Å². The first-order valence-corrected chi connectivity index (χ1v) is 8.48. The van der Waals surface area contributed by atoms with E-state index < -0.39 is 11.9 Å². The normalized spacial score (nSPS) is 19.2. The zero-order valence-corrected chi connectivity index (χ0v) is 14.5. The highest BCUT2D eigenvalue weighted by Gasteiger charge is 2.38. The lowest BCUT2D eigenvalue weighted by molar-refractivity contribution is -0.139. The molecule has 2 atom stereocenters. The van der Waals surface area contributed by atoms with Gasteiger partial charge in [0.2, 0.25) is 5.91 Å². The molecule has 1 heterocycles. The Labute approximate surface area is 151 Å². The van der Waals surface area contributed by atoms with Crippen LogP contribution in [0.2, 0.25) is 0 Å². The van der Waals surface area contributed by atoms with Gasteiger partial charge in [0.15, 0.2) is 6.61 Å². The Hall–Kier alpha value is -2.65. The highest BCUT2D eigenvalue weighted by Crippen LogP contribution is 2.20. The van der Waals surface area contributed by atoms with E-state index in [1.807, 2.05) is 0 Å². The molecule has 26 heavy (non-hydrogen) atoms. The van der Waals surface area contributed by atoms with Gasteiger partial charge in [0.25, 0.3) is 11.8 Å². The van der Waals surface area contributed by atoms with Gasteiger partial charge >= 0.3 is 0 Å². The van der Waals surface area contributed by atoms with E-state index in [-0.39, 0.29) is 42.3 Å². The average Bonchev–Trinajstić information content (AvgIpc) is 3.02. The van der Waals surface area contributed by atoms with Gasteiger partial charge in [0.05, 0.1) is 5.56 Å². The fourth-order valence-electron chi connectivity index (χ4n) is 2.84. The van der Waals surface area contributed by atoms with Crippen molar-refractivity contribution in [2.24, 2.45) is 17.2 Å². The van der Waals surface area contributed by atoms with Crippen LogP contribution in [0.25, 0.3) is 0 Å². The molecule has 1 aromatic rings. The van der Waals surface area contributed by atoms with E-state index in [0.717, 1.165) is 0 Å². The number of likely N-dealkylation sites (tertiary alicyclic amines) is 1. The van der Waals surface area contributed by atoms with Crippen molar-refractivity contribution < 1.29 is 19.1 Å². The topological polar surface area (TPSA) is 154 Å². The SMILES string of the molecule is NCCCNC(=O)[C@@H]1C[C@H](N)CN1C(=O)COc1ccccc1C(N)=O. The van der Waals surface area contributed by atoms with Gasteiger partial charge in [0.1, 0.15) is 11.8 Å². The number of carbonyl (C=O) groups is 3. The Morgan fingerprint density at radius 3 is 2.69 bits per heavy atom. The molecule has 0 spiro atoms. The molecule has 9 nitrogen and oxygen atoms in total. The molecule has 0 bridgehead atoms. The lowest BCUT2D eigenvalue weighted by Crippen LogP contribution is -2.47. The average molecular weight is 363 g/mol. The Morgan fingerprint density at radius 1 is 1.27 bits per heavy atom. The maximum atomic E-state index is 12.5. The fraction of sp³-hybridized carbons (Fsp3) is 0.471. The Bertz CT molecular complexity index is 666. The predicted octanol–water partition coefficient (Wildman–Crippen LogP) is -1.44. The van der Waals surface area contributed by atoms with Crippen LogP contribution < -0.4 is 27.3 Å². The van der Waals surface area contributed by atoms with Gasteiger partial charge in [0, 0.05) is 19.1 Å². The summed E-state index contributed by atoms with van der Waals surface area (Å²) in [5, 5.41) is 2.76. The van der Waals surface area contributed by atoms with E-state index in [4.69, 9.17) is 21.9 Å². The quantitative estimate of drug-likeness (QED) is 0.415. The number of hydrogen-bond donors (Lipinski definition) is 4. The van der Waals surface area contributed by atoms with Gasteiger partial charge in [-0.25, -0.2) is 0 Å². The number of nitrogens with zero attached hydrogens (tertiary/aromatic N) is 1. The molecule has 1 aliphatic heterocycles. The van der Waals surface area contributed by atoms with Crippen LogP contribution in [0.4, 0.5) is 0 Å². The van der Waals surface area contributed by atoms with Crippen molar-refractivity contribution in [1.29, 1.82) is 0 Å². The lowest BCUT2D eigenvalue weighted by Gasteiger charge is -2.24. The fourth-order valence-corrected chi connectivity index (χ4v) is 2.84. The van der Waals surface area contributed by atoms with Crippen LogP contribution in [0.3, 0.4) is 0 Å². The zero-order valence-electron chi connectivity index (χ0n) is 14.5. The molecule has 0 saturated carbocycles. The van der Waals surface area contributed by atoms with E-state index in [2.05, 4.69) is 5.32 Å². The lowest BCUT2D eigenvalue weighted by atomic mass is 10.1. The molecule has 0 aliphatic carbocycles. The minimum Gasteiger partial charge on any atom is -0.483 e. The molecular weight excluding hydrogens is 338 g/mol. The summed E-state index contributed by atoms with van der Waals surface area (Å²) in [5.41, 5.74) is 16.8. The molecule has 7 N–H and O–H groups in total. The number of ether oxygens (including phenoxy) is 1. The van der Waals surface area contributed by atoms with Gasteiger partial charge in [-0.1, -0.05) is 12.1 Å². The molecular formula is C17H25N5O4. The van der Waals surface area contributed by atoms with E-state index in [1.165, 1.54) is 11.0 Å². The maximum Gasteiger partial charge on any atom is 0.261 e. The minimum absolute atomic E-state index is 0.189. The van der Waals surface area contributed by atoms with Gasteiger partial charge < -0.3 is 32.2 Å². The second-order valence-corrected chi connectivity index (χ2v) is 6.14. The molecule has 1 fully saturated rings. The van der Waals surface area contributed by atoms with Crippen LogP contribution in [0.5, 0.6) is 5.75 Å². The summed E-state index contributed by atoms with van der Waals surface area (Å²) in [6, 6.07) is 5.48. The maximum absolute atomic E-state index is 12.5. The molecule has 0 radical (unpaired) electrons. The first-order valence-electron chi connectivity index (χ1n) is 8.48. The summed E-state index contributed by atoms with van der Waals surface area (Å²) in [7, 11) is 0. The van der Waals surface area contributed by atoms with Crippen molar-refractivity contribution in [3.8, 4) is 5.75 Å². The van der Waals surface area contributed by atoms with Crippen molar-refractivity contribution >= 4 is 17.7 Å². The molecule has 142 valence electrons. The van der Waals surface area contributed by atoms with E-state index in [1.54, 1.807) is 18.2 Å². The number of amides is 3. The third kappa shape index (κ3) is 4.93. The molecule has 1 aromatic carbocycles. The monoisotopic (exact) mass is 363 g/mol. The van der Waals surface area contributed by atoms with Crippen LogP contribution in [-0.2, 0) is 9.59 Å². The third-order valence-corrected chi connectivity index (χ3v) is 4.14. The number of carbonyl (C=O) groups excluding carboxylic acids is 3. The van der Waals surface area contributed by atoms with Gasteiger partial charge in [-0.05, 0) is 31.5 Å². The van der Waals surface area contributed by atoms with Crippen LogP contribution in [0, 0.1) is 0 Å². The predicted molar refractivity (Wildman–Crippen MR) is 95.2 cm³/mol. The summed E-state index contributed by atoms with van der Waals surface area (Å²) in [5.74, 6) is -1.05. The van der Waals surface area contributed by atoms with Crippen LogP contribution in [0.15, 0.2) is 24.3 Å². The Balaban J connectivity index is 1.99. The summed E-state index contributed by atoms with van der Waals surface area (Å²) in [6.07, 6.45) is 1.05. The Kier molecular flexibility index (Phi) is 6.93. The largest absolute Gasteiger partial charge is 0.483 e. The number of rotatable bonds is 8. The molecule has 9 heteroatoms. The van der Waals surface area contributed by atoms with Crippen molar-refractivity contribution in [3.05, 3.63) is 29.8 Å². The van der Waals surface area contributed by atoms with Crippen LogP contribution in [-0.4, -0.2) is 60.9 Å². The number of primary amides is 1. The van der Waals surface area contributed by atoms with E-state index in [0.29, 0.717) is 25.9 Å². The number of para-hydroxylation sites is 1. The second-order valence-electron chi connectivity index (χ2n) is 6.14. The van der Waals surface area contributed by atoms with Gasteiger partial charge in [-0.3, -0.25) is 14.4 Å². The number of hydrogen-bond acceptors (Lipinski definition) is 6. The van der Waals surface area contributed by atoms with Crippen molar-refractivity contribution in [2.45, 2.75) is 24.9 Å². The van der Waals surface area contributed by atoms with Gasteiger partial charge in [-0.15, -0.1) is 0 Å². The third-order valence-electron chi connectivity index (χ3n) is 4.14. The minimum atomic E-state index is -0.645. The molecule has 1 aliphatic rings. The number of benzene rings is 1. The molecule has 1 saturated heterocycles. The van der Waals surface area contributed by atoms with Gasteiger partial charge in [-0.2, -0.15) is 0 Å². The summed E-state index contributed by atoms with van der Waals surface area (Å²) < 4.78 is 5.45. The number of nitrogens with one attached hydrogen (secondary N) is 1. The first-order chi connectivity index (χ1) is 12.4. The van der Waals surface area contributed by atoms with Crippen molar-refractivity contribution in [2.75, 3.05) is 26.2 Å². The molecule has 0 aromatic heterocycles.